The number of H-pyrrole nitrogens is 1. The number of rotatable bonds is 6. The lowest BCUT2D eigenvalue weighted by Gasteiger charge is -2.19. The van der Waals surface area contributed by atoms with Crippen molar-refractivity contribution in [3.8, 4) is 5.75 Å². The molecule has 1 N–H and O–H groups in total. The Hall–Kier alpha value is -3.08. The van der Waals surface area contributed by atoms with Crippen molar-refractivity contribution < 1.29 is 19.1 Å². The third-order valence-corrected chi connectivity index (χ3v) is 4.19. The Bertz CT molecular complexity index is 1010. The van der Waals surface area contributed by atoms with Crippen molar-refractivity contribution in [1.82, 2.24) is 4.98 Å². The highest BCUT2D eigenvalue weighted by Gasteiger charge is 2.21. The van der Waals surface area contributed by atoms with E-state index in [9.17, 15) is 9.59 Å². The number of carbonyl (C=O) groups is 2. The molecule has 0 saturated heterocycles. The van der Waals surface area contributed by atoms with Gasteiger partial charge in [-0.15, -0.1) is 0 Å². The molecule has 146 valence electrons. The topological polar surface area (TPSA) is 68.4 Å². The van der Waals surface area contributed by atoms with Crippen molar-refractivity contribution in [3.05, 3.63) is 65.4 Å². The first kappa shape index (κ1) is 19.7. The van der Waals surface area contributed by atoms with Gasteiger partial charge in [-0.2, -0.15) is 0 Å². The minimum absolute atomic E-state index is 0.0135. The van der Waals surface area contributed by atoms with E-state index in [0.717, 1.165) is 16.5 Å². The fourth-order valence-electron chi connectivity index (χ4n) is 3.02. The molecule has 0 unspecified atom stereocenters. The van der Waals surface area contributed by atoms with Crippen LogP contribution in [-0.2, 0) is 22.6 Å². The normalized spacial score (nSPS) is 11.4. The highest BCUT2D eigenvalue weighted by Crippen LogP contribution is 2.31. The molecule has 0 fully saturated rings. The maximum atomic E-state index is 12.3. The molecular weight excluding hydrogens is 354 g/mol. The van der Waals surface area contributed by atoms with Crippen molar-refractivity contribution >= 4 is 22.7 Å². The molecule has 0 aliphatic heterocycles. The summed E-state index contributed by atoms with van der Waals surface area (Å²) in [6.45, 7) is 7.36. The summed E-state index contributed by atoms with van der Waals surface area (Å²) in [5, 5.41) is 0.906. The van der Waals surface area contributed by atoms with Gasteiger partial charge in [0.05, 0.1) is 12.1 Å². The van der Waals surface area contributed by atoms with Gasteiger partial charge in [-0.3, -0.25) is 9.59 Å². The summed E-state index contributed by atoms with van der Waals surface area (Å²) in [6, 6.07) is 15.1. The summed E-state index contributed by atoms with van der Waals surface area (Å²) in [5.74, 6) is 0.330. The van der Waals surface area contributed by atoms with E-state index >= 15 is 0 Å². The molecule has 0 amide bonds. The van der Waals surface area contributed by atoms with Gasteiger partial charge in [-0.25, -0.2) is 0 Å². The number of fused-ring (bicyclic) bond motifs is 1. The maximum absolute atomic E-state index is 12.3. The molecule has 0 saturated carbocycles. The van der Waals surface area contributed by atoms with E-state index in [1.165, 1.54) is 0 Å². The van der Waals surface area contributed by atoms with Crippen LogP contribution in [0.3, 0.4) is 0 Å². The molecule has 28 heavy (non-hydrogen) atoms. The lowest BCUT2D eigenvalue weighted by molar-refractivity contribution is -0.154. The zero-order valence-corrected chi connectivity index (χ0v) is 16.7. The summed E-state index contributed by atoms with van der Waals surface area (Å²) in [7, 11) is 0. The summed E-state index contributed by atoms with van der Waals surface area (Å²) in [5.41, 5.74) is 2.57. The Balaban J connectivity index is 1.86. The molecule has 0 radical (unpaired) electrons. The van der Waals surface area contributed by atoms with Gasteiger partial charge in [0.2, 0.25) is 0 Å². The van der Waals surface area contributed by atoms with Crippen molar-refractivity contribution in [3.63, 3.8) is 0 Å². The van der Waals surface area contributed by atoms with Crippen molar-refractivity contribution in [2.24, 2.45) is 0 Å². The number of esters is 1. The van der Waals surface area contributed by atoms with Crippen LogP contribution in [0.2, 0.25) is 0 Å². The zero-order chi connectivity index (χ0) is 20.3. The number of nitrogens with one attached hydrogen (secondary N) is 1. The van der Waals surface area contributed by atoms with Crippen LogP contribution >= 0.6 is 0 Å². The lowest BCUT2D eigenvalue weighted by atomic mass is 10.1. The Labute approximate surface area is 164 Å². The van der Waals surface area contributed by atoms with Gasteiger partial charge in [-0.05, 0) is 51.5 Å². The van der Waals surface area contributed by atoms with Crippen LogP contribution < -0.4 is 4.74 Å². The average molecular weight is 379 g/mol. The first-order valence-corrected chi connectivity index (χ1v) is 9.27. The molecule has 0 bridgehead atoms. The molecule has 1 aromatic heterocycles. The molecule has 0 aliphatic carbocycles. The van der Waals surface area contributed by atoms with Crippen molar-refractivity contribution in [2.75, 3.05) is 0 Å². The van der Waals surface area contributed by atoms with E-state index in [0.29, 0.717) is 23.6 Å². The van der Waals surface area contributed by atoms with Crippen LogP contribution in [0.15, 0.2) is 48.5 Å². The van der Waals surface area contributed by atoms with E-state index in [-0.39, 0.29) is 18.2 Å². The van der Waals surface area contributed by atoms with Crippen LogP contribution in [0, 0.1) is 0 Å². The molecule has 1 heterocycles. The largest absolute Gasteiger partial charge is 0.486 e. The Morgan fingerprint density at radius 1 is 1.04 bits per heavy atom. The minimum atomic E-state index is -0.544. The van der Waals surface area contributed by atoms with E-state index in [2.05, 4.69) is 4.98 Å². The highest BCUT2D eigenvalue weighted by molar-refractivity contribution is 5.94. The van der Waals surface area contributed by atoms with Crippen molar-refractivity contribution in [2.45, 2.75) is 46.3 Å². The molecule has 0 atom stereocenters. The van der Waals surface area contributed by atoms with Crippen LogP contribution in [0.25, 0.3) is 10.9 Å². The zero-order valence-electron chi connectivity index (χ0n) is 16.7. The van der Waals surface area contributed by atoms with E-state index in [1.54, 1.807) is 13.0 Å². The number of aromatic amines is 1. The number of hydrogen-bond acceptors (Lipinski definition) is 4. The monoisotopic (exact) mass is 379 g/mol. The summed E-state index contributed by atoms with van der Waals surface area (Å²) < 4.78 is 11.5. The van der Waals surface area contributed by atoms with E-state index in [1.807, 2.05) is 63.2 Å². The molecule has 3 rings (SSSR count). The van der Waals surface area contributed by atoms with Gasteiger partial charge in [0, 0.05) is 16.5 Å². The van der Waals surface area contributed by atoms with Crippen molar-refractivity contribution in [1.29, 1.82) is 0 Å². The first-order valence-electron chi connectivity index (χ1n) is 9.27. The fraction of sp³-hybridized carbons (Fsp3) is 0.304. The molecule has 3 aromatic rings. The maximum Gasteiger partial charge on any atom is 0.312 e. The van der Waals surface area contributed by atoms with Gasteiger partial charge >= 0.3 is 5.97 Å². The molecule has 5 nitrogen and oxygen atoms in total. The van der Waals surface area contributed by atoms with E-state index < -0.39 is 5.60 Å². The number of Topliss-reactive ketones (excluding diaryl/α,β-unsaturated/α-hetero) is 1. The number of ketones is 1. The molecule has 5 heteroatoms. The molecule has 0 aliphatic rings. The predicted octanol–water partition coefficient (Wildman–Crippen LogP) is 4.83. The van der Waals surface area contributed by atoms with Gasteiger partial charge in [0.1, 0.15) is 18.0 Å². The number of benzene rings is 2. The number of carbonyl (C=O) groups excluding carboxylic acids is 2. The number of hydrogen-bond donors (Lipinski definition) is 1. The fourth-order valence-corrected chi connectivity index (χ4v) is 3.02. The lowest BCUT2D eigenvalue weighted by Crippen LogP contribution is -2.25. The average Bonchev–Trinajstić information content (AvgIpc) is 2.95. The minimum Gasteiger partial charge on any atom is -0.486 e. The summed E-state index contributed by atoms with van der Waals surface area (Å²) in [4.78, 5) is 27.2. The van der Waals surface area contributed by atoms with Crippen LogP contribution in [0.1, 0.15) is 49.3 Å². The number of aromatic nitrogens is 1. The predicted molar refractivity (Wildman–Crippen MR) is 109 cm³/mol. The SMILES string of the molecule is CC(=O)c1cccc(COc2c(CC(=O)OC(C)(C)C)[nH]c3ccccc23)c1. The summed E-state index contributed by atoms with van der Waals surface area (Å²) in [6.07, 6.45) is 0.0920. The second-order valence-corrected chi connectivity index (χ2v) is 7.79. The van der Waals surface area contributed by atoms with Crippen LogP contribution in [-0.4, -0.2) is 22.3 Å². The third-order valence-electron chi connectivity index (χ3n) is 4.19. The van der Waals surface area contributed by atoms with E-state index in [4.69, 9.17) is 9.47 Å². The van der Waals surface area contributed by atoms with Gasteiger partial charge in [-0.1, -0.05) is 30.3 Å². The second-order valence-electron chi connectivity index (χ2n) is 7.79. The van der Waals surface area contributed by atoms with Gasteiger partial charge in [0.15, 0.2) is 5.78 Å². The smallest absolute Gasteiger partial charge is 0.312 e. The third kappa shape index (κ3) is 4.80. The van der Waals surface area contributed by atoms with Gasteiger partial charge in [0.25, 0.3) is 0 Å². The van der Waals surface area contributed by atoms with Crippen LogP contribution in [0.4, 0.5) is 0 Å². The first-order chi connectivity index (χ1) is 13.2. The highest BCUT2D eigenvalue weighted by atomic mass is 16.6. The standard InChI is InChI=1S/C23H25NO4/c1-15(25)17-9-7-8-16(12-17)14-27-22-18-10-5-6-11-19(18)24-20(22)13-21(26)28-23(2,3)4/h5-12,24H,13-14H2,1-4H3. The Morgan fingerprint density at radius 2 is 1.79 bits per heavy atom. The molecule has 2 aromatic carbocycles. The molecular formula is C23H25NO4. The van der Waals surface area contributed by atoms with Gasteiger partial charge < -0.3 is 14.5 Å². The molecule has 0 spiro atoms. The summed E-state index contributed by atoms with van der Waals surface area (Å²) >= 11 is 0. The Morgan fingerprint density at radius 3 is 2.50 bits per heavy atom. The number of ether oxygens (including phenoxy) is 2. The number of para-hydroxylation sites is 1. The van der Waals surface area contributed by atoms with Crippen LogP contribution in [0.5, 0.6) is 5.75 Å². The second kappa shape index (κ2) is 7.89. The Kier molecular flexibility index (Phi) is 5.54. The quantitative estimate of drug-likeness (QED) is 0.492.